The lowest BCUT2D eigenvalue weighted by Gasteiger charge is -2.04. The number of carbonyl (C=O) groups excluding carboxylic acids is 1. The van der Waals surface area contributed by atoms with Crippen LogP contribution in [0.5, 0.6) is 0 Å². The smallest absolute Gasteiger partial charge is 0.256 e. The van der Waals surface area contributed by atoms with Crippen molar-refractivity contribution in [3.05, 3.63) is 48.4 Å². The van der Waals surface area contributed by atoms with Crippen molar-refractivity contribution in [3.63, 3.8) is 0 Å². The molecule has 3 rings (SSSR count). The number of hydrogen-bond acceptors (Lipinski definition) is 4. The van der Waals surface area contributed by atoms with Gasteiger partial charge in [0.2, 0.25) is 0 Å². The Kier molecular flexibility index (Phi) is 2.45. The third-order valence-electron chi connectivity index (χ3n) is 2.52. The number of anilines is 1. The first-order chi connectivity index (χ1) is 8.84. The molecule has 0 spiro atoms. The number of aromatic nitrogens is 4. The van der Waals surface area contributed by atoms with Crippen molar-refractivity contribution in [1.82, 2.24) is 20.2 Å². The fourth-order valence-electron chi connectivity index (χ4n) is 1.63. The topological polar surface area (TPSA) is 83.6 Å². The average Bonchev–Trinajstić information content (AvgIpc) is 2.89. The molecule has 6 nitrogen and oxygen atoms in total. The van der Waals surface area contributed by atoms with Crippen molar-refractivity contribution in [2.75, 3.05) is 5.32 Å². The molecule has 6 heteroatoms. The molecule has 0 unspecified atom stereocenters. The molecule has 1 aromatic carbocycles. The summed E-state index contributed by atoms with van der Waals surface area (Å²) in [6.07, 6.45) is 2.96. The number of hydrogen-bond donors (Lipinski definition) is 2. The fraction of sp³-hybridized carbons (Fsp3) is 0. The maximum absolute atomic E-state index is 12.0. The Labute approximate surface area is 102 Å². The van der Waals surface area contributed by atoms with Crippen molar-refractivity contribution >= 4 is 22.8 Å². The summed E-state index contributed by atoms with van der Waals surface area (Å²) in [7, 11) is 0. The summed E-state index contributed by atoms with van der Waals surface area (Å²) in [6, 6.07) is 8.95. The highest BCUT2D eigenvalue weighted by atomic mass is 16.1. The van der Waals surface area contributed by atoms with E-state index in [-0.39, 0.29) is 5.91 Å². The number of fused-ring (bicyclic) bond motifs is 1. The van der Waals surface area contributed by atoms with Crippen molar-refractivity contribution in [1.29, 1.82) is 0 Å². The van der Waals surface area contributed by atoms with Crippen molar-refractivity contribution in [3.8, 4) is 0 Å². The van der Waals surface area contributed by atoms with Gasteiger partial charge < -0.3 is 5.32 Å². The van der Waals surface area contributed by atoms with E-state index in [4.69, 9.17) is 0 Å². The Bertz CT molecular complexity index is 692. The molecule has 0 aliphatic heterocycles. The number of nitrogens with zero attached hydrogens (tertiary/aromatic N) is 3. The van der Waals surface area contributed by atoms with Crippen LogP contribution in [-0.2, 0) is 0 Å². The van der Waals surface area contributed by atoms with E-state index in [2.05, 4.69) is 25.5 Å². The van der Waals surface area contributed by atoms with Crippen molar-refractivity contribution < 1.29 is 4.79 Å². The molecule has 18 heavy (non-hydrogen) atoms. The zero-order chi connectivity index (χ0) is 12.4. The summed E-state index contributed by atoms with van der Waals surface area (Å²) in [4.78, 5) is 20.0. The minimum Gasteiger partial charge on any atom is -0.306 e. The van der Waals surface area contributed by atoms with E-state index in [1.54, 1.807) is 18.3 Å². The van der Waals surface area contributed by atoms with E-state index in [0.29, 0.717) is 22.4 Å². The van der Waals surface area contributed by atoms with E-state index in [9.17, 15) is 4.79 Å². The van der Waals surface area contributed by atoms with Gasteiger partial charge in [0.1, 0.15) is 12.1 Å². The average molecular weight is 241 g/mol. The van der Waals surface area contributed by atoms with Crippen LogP contribution in [-0.4, -0.2) is 26.1 Å². The first-order valence-electron chi connectivity index (χ1n) is 5.35. The maximum atomic E-state index is 12.0. The number of H-pyrrole nitrogens is 1. The summed E-state index contributed by atoms with van der Waals surface area (Å²) >= 11 is 0. The van der Waals surface area contributed by atoms with Gasteiger partial charge in [-0.15, -0.1) is 0 Å². The predicted molar refractivity (Wildman–Crippen MR) is 66.1 cm³/mol. The highest BCUT2D eigenvalue weighted by Gasteiger charge is 2.10. The largest absolute Gasteiger partial charge is 0.306 e. The monoisotopic (exact) mass is 241 g/mol. The third-order valence-corrected chi connectivity index (χ3v) is 2.52. The van der Waals surface area contributed by atoms with Gasteiger partial charge in [-0.05, 0) is 12.1 Å². The second-order valence-electron chi connectivity index (χ2n) is 3.67. The molecule has 0 fully saturated rings. The molecule has 2 N–H and O–H groups in total. The van der Waals surface area contributed by atoms with Crippen LogP contribution in [0.15, 0.2) is 42.9 Å². The number of rotatable bonds is 2. The van der Waals surface area contributed by atoms with Gasteiger partial charge in [0, 0.05) is 5.56 Å². The van der Waals surface area contributed by atoms with Crippen LogP contribution in [0.4, 0.5) is 5.82 Å². The second-order valence-corrected chi connectivity index (χ2v) is 3.67. The molecular weight excluding hydrogens is 232 g/mol. The zero-order valence-electron chi connectivity index (χ0n) is 9.29. The molecule has 0 saturated heterocycles. The lowest BCUT2D eigenvalue weighted by atomic mass is 10.2. The Hall–Kier alpha value is -2.76. The zero-order valence-corrected chi connectivity index (χ0v) is 9.29. The molecule has 0 aliphatic carbocycles. The summed E-state index contributed by atoms with van der Waals surface area (Å²) in [5.41, 5.74) is 1.17. The highest BCUT2D eigenvalue weighted by Crippen LogP contribution is 2.16. The number of aromatic amines is 1. The van der Waals surface area contributed by atoms with Crippen molar-refractivity contribution in [2.24, 2.45) is 0 Å². The molecule has 3 aromatic rings. The fourth-order valence-corrected chi connectivity index (χ4v) is 1.63. The standard InChI is InChI=1S/C12H9N5O/c18-12(8-4-2-1-3-5-8)16-10-9-6-15-17-11(9)14-7-13-10/h1-7H,(H2,13,14,15,16,17,18)/i7+2. The van der Waals surface area contributed by atoms with Crippen LogP contribution in [0.3, 0.4) is 0 Å². The van der Waals surface area contributed by atoms with Gasteiger partial charge in [-0.2, -0.15) is 5.10 Å². The van der Waals surface area contributed by atoms with Crippen LogP contribution in [0.2, 0.25) is 0 Å². The van der Waals surface area contributed by atoms with E-state index in [1.807, 2.05) is 18.2 Å². The minimum absolute atomic E-state index is 0.211. The van der Waals surface area contributed by atoms with Crippen LogP contribution in [0.25, 0.3) is 11.0 Å². The van der Waals surface area contributed by atoms with Gasteiger partial charge in [0.05, 0.1) is 11.6 Å². The molecule has 0 saturated carbocycles. The Balaban J connectivity index is 1.93. The Morgan fingerprint density at radius 3 is 2.89 bits per heavy atom. The summed E-state index contributed by atoms with van der Waals surface area (Å²) < 4.78 is 0. The van der Waals surface area contributed by atoms with E-state index in [1.165, 1.54) is 6.33 Å². The highest BCUT2D eigenvalue weighted by molar-refractivity contribution is 6.07. The molecule has 2 aromatic heterocycles. The molecule has 2 heterocycles. The van der Waals surface area contributed by atoms with Crippen LogP contribution >= 0.6 is 0 Å². The van der Waals surface area contributed by atoms with Crippen LogP contribution in [0, 0.1) is 0 Å². The third kappa shape index (κ3) is 1.80. The van der Waals surface area contributed by atoms with Gasteiger partial charge in [-0.1, -0.05) is 18.2 Å². The van der Waals surface area contributed by atoms with Crippen molar-refractivity contribution in [2.45, 2.75) is 0 Å². The Morgan fingerprint density at radius 2 is 2.06 bits per heavy atom. The van der Waals surface area contributed by atoms with Crippen LogP contribution in [0.1, 0.15) is 10.4 Å². The molecule has 88 valence electrons. The predicted octanol–water partition coefficient (Wildman–Crippen LogP) is 1.61. The molecule has 0 bridgehead atoms. The van der Waals surface area contributed by atoms with E-state index >= 15 is 0 Å². The second kappa shape index (κ2) is 4.25. The van der Waals surface area contributed by atoms with Gasteiger partial charge in [0.25, 0.3) is 5.91 Å². The van der Waals surface area contributed by atoms with Gasteiger partial charge in [0.15, 0.2) is 5.65 Å². The molecule has 0 atom stereocenters. The number of nitrogens with one attached hydrogen (secondary N) is 2. The van der Waals surface area contributed by atoms with E-state index in [0.717, 1.165) is 0 Å². The Morgan fingerprint density at radius 1 is 1.22 bits per heavy atom. The number of benzene rings is 1. The first-order valence-corrected chi connectivity index (χ1v) is 5.35. The quantitative estimate of drug-likeness (QED) is 0.713. The summed E-state index contributed by atoms with van der Waals surface area (Å²) in [5.74, 6) is 0.236. The number of amides is 1. The molecule has 0 radical (unpaired) electrons. The van der Waals surface area contributed by atoms with E-state index < -0.39 is 0 Å². The molecular formula is C12H9N5O. The summed E-state index contributed by atoms with van der Waals surface area (Å²) in [6.45, 7) is 0. The number of carbonyl (C=O) groups is 1. The van der Waals surface area contributed by atoms with Gasteiger partial charge in [-0.25, -0.2) is 9.97 Å². The first kappa shape index (κ1) is 10.4. The molecule has 1 amide bonds. The maximum Gasteiger partial charge on any atom is 0.256 e. The van der Waals surface area contributed by atoms with Gasteiger partial charge >= 0.3 is 0 Å². The minimum atomic E-state index is -0.211. The normalized spacial score (nSPS) is 10.4. The summed E-state index contributed by atoms with van der Waals surface area (Å²) in [5, 5.41) is 10.0. The van der Waals surface area contributed by atoms with Crippen LogP contribution < -0.4 is 5.32 Å². The molecule has 0 aliphatic rings. The lowest BCUT2D eigenvalue weighted by molar-refractivity contribution is 0.102. The SMILES string of the molecule is O=C(Nc1n[14cH]nc2[nH]ncc12)c1ccccc1. The van der Waals surface area contributed by atoms with Gasteiger partial charge in [-0.3, -0.25) is 9.89 Å². The lowest BCUT2D eigenvalue weighted by Crippen LogP contribution is -2.13.